The Labute approximate surface area is 124 Å². The Balaban J connectivity index is 0.00000133. The van der Waals surface area contributed by atoms with Gasteiger partial charge >= 0.3 is 0 Å². The van der Waals surface area contributed by atoms with Gasteiger partial charge < -0.3 is 22.3 Å². The topological polar surface area (TPSA) is 15.9 Å². The van der Waals surface area contributed by atoms with Crippen LogP contribution in [0, 0.1) is 5.41 Å². The van der Waals surface area contributed by atoms with Gasteiger partial charge in [0.15, 0.2) is 12.4 Å². The lowest BCUT2D eigenvalue weighted by atomic mass is 9.86. The fourth-order valence-corrected chi connectivity index (χ4v) is 2.36. The molecule has 1 aliphatic heterocycles. The van der Waals surface area contributed by atoms with E-state index in [-0.39, 0.29) is 22.4 Å². The molecule has 1 aromatic carbocycles. The van der Waals surface area contributed by atoms with Crippen LogP contribution in [0.4, 0.5) is 5.69 Å². The second kappa shape index (κ2) is 4.97. The molecule has 2 heterocycles. The molecule has 0 aliphatic carbocycles. The Morgan fingerprint density at radius 2 is 1.89 bits per heavy atom. The van der Waals surface area contributed by atoms with Crippen LogP contribution in [0.3, 0.4) is 0 Å². The number of pyridine rings is 1. The molecular weight excluding hydrogens is 300 g/mol. The summed E-state index contributed by atoms with van der Waals surface area (Å²) in [5.41, 5.74) is 3.91. The zero-order valence-corrected chi connectivity index (χ0v) is 13.2. The molecule has 0 amide bonds. The van der Waals surface area contributed by atoms with Crippen molar-refractivity contribution in [1.82, 2.24) is 0 Å². The smallest absolute Gasteiger partial charge is 0.241 e. The lowest BCUT2D eigenvalue weighted by Gasteiger charge is -2.27. The second-order valence-electron chi connectivity index (χ2n) is 5.56. The van der Waals surface area contributed by atoms with Gasteiger partial charge in [0.1, 0.15) is 5.69 Å². The molecule has 19 heavy (non-hydrogen) atoms. The number of hydrogen-bond acceptors (Lipinski definition) is 1. The molecule has 0 radical (unpaired) electrons. The number of halogens is 1. The van der Waals surface area contributed by atoms with Gasteiger partial charge in [-0.1, -0.05) is 26.8 Å². The van der Waals surface area contributed by atoms with E-state index < -0.39 is 0 Å². The van der Waals surface area contributed by atoms with Gasteiger partial charge in [-0.2, -0.15) is 4.57 Å². The van der Waals surface area contributed by atoms with Crippen molar-refractivity contribution in [2.75, 3.05) is 5.32 Å². The highest BCUT2D eigenvalue weighted by atomic mass is 79.9. The van der Waals surface area contributed by atoms with Crippen LogP contribution < -0.4 is 26.9 Å². The van der Waals surface area contributed by atoms with E-state index in [2.05, 4.69) is 73.4 Å². The average molecular weight is 319 g/mol. The number of aromatic nitrogens is 1. The number of nitrogens with one attached hydrogen (secondary N) is 1. The number of rotatable bonds is 2. The van der Waals surface area contributed by atoms with E-state index >= 15 is 0 Å². The minimum Gasteiger partial charge on any atom is -1.00 e. The molecule has 0 saturated carbocycles. The maximum absolute atomic E-state index is 3.59. The molecule has 1 N–H and O–H groups in total. The summed E-state index contributed by atoms with van der Waals surface area (Å²) < 4.78 is 2.23. The van der Waals surface area contributed by atoms with E-state index in [1.54, 1.807) is 0 Å². The third-order valence-electron chi connectivity index (χ3n) is 4.00. The second-order valence-corrected chi connectivity index (χ2v) is 5.56. The first kappa shape index (κ1) is 14.1. The van der Waals surface area contributed by atoms with E-state index in [4.69, 9.17) is 0 Å². The van der Waals surface area contributed by atoms with Crippen LogP contribution >= 0.6 is 0 Å². The molecule has 1 aromatic heterocycles. The summed E-state index contributed by atoms with van der Waals surface area (Å²) in [7, 11) is 0. The number of hydrogen-bond donors (Lipinski definition) is 1. The van der Waals surface area contributed by atoms with Gasteiger partial charge in [0.2, 0.25) is 5.52 Å². The molecule has 0 spiro atoms. The maximum atomic E-state index is 3.59. The van der Waals surface area contributed by atoms with Crippen molar-refractivity contribution in [3.05, 3.63) is 42.2 Å². The van der Waals surface area contributed by atoms with Gasteiger partial charge in [-0.25, -0.2) is 0 Å². The predicted molar refractivity (Wildman–Crippen MR) is 76.1 cm³/mol. The van der Waals surface area contributed by atoms with Crippen molar-refractivity contribution in [1.29, 1.82) is 0 Å². The Hall–Kier alpha value is -1.35. The summed E-state index contributed by atoms with van der Waals surface area (Å²) in [6.07, 6.45) is 5.46. The predicted octanol–water partition coefficient (Wildman–Crippen LogP) is 0.791. The zero-order valence-electron chi connectivity index (χ0n) is 11.6. The summed E-state index contributed by atoms with van der Waals surface area (Å²) >= 11 is 0. The summed E-state index contributed by atoms with van der Waals surface area (Å²) in [5, 5.41) is 4.86. The highest BCUT2D eigenvalue weighted by molar-refractivity contribution is 5.90. The summed E-state index contributed by atoms with van der Waals surface area (Å²) in [6.45, 7) is 6.79. The quantitative estimate of drug-likeness (QED) is 0.810. The van der Waals surface area contributed by atoms with Crippen molar-refractivity contribution in [3.63, 3.8) is 0 Å². The number of allylic oxidation sites excluding steroid dienone is 1. The van der Waals surface area contributed by atoms with Crippen LogP contribution in [0.15, 0.2) is 42.2 Å². The molecule has 2 aromatic rings. The van der Waals surface area contributed by atoms with Crippen LogP contribution in [0.1, 0.15) is 27.2 Å². The van der Waals surface area contributed by atoms with Crippen molar-refractivity contribution in [2.24, 2.45) is 5.41 Å². The summed E-state index contributed by atoms with van der Waals surface area (Å²) in [4.78, 5) is 0. The number of para-hydroxylation sites is 1. The van der Waals surface area contributed by atoms with E-state index in [1.165, 1.54) is 22.3 Å². The lowest BCUT2D eigenvalue weighted by Crippen LogP contribution is -3.00. The molecule has 1 aliphatic rings. The molecular formula is C16H19BrN2. The average Bonchev–Trinajstić information content (AvgIpc) is 2.39. The molecule has 0 atom stereocenters. The Morgan fingerprint density at radius 3 is 2.63 bits per heavy atom. The van der Waals surface area contributed by atoms with Gasteiger partial charge in [0.05, 0.1) is 5.70 Å². The van der Waals surface area contributed by atoms with E-state index in [9.17, 15) is 0 Å². The van der Waals surface area contributed by atoms with Gasteiger partial charge in [0.25, 0.3) is 0 Å². The Kier molecular flexibility index (Phi) is 3.68. The summed E-state index contributed by atoms with van der Waals surface area (Å²) in [6, 6.07) is 10.7. The molecule has 0 saturated heterocycles. The Bertz CT molecular complexity index is 639. The van der Waals surface area contributed by atoms with Crippen molar-refractivity contribution in [3.8, 4) is 0 Å². The molecule has 0 bridgehead atoms. The molecule has 100 valence electrons. The van der Waals surface area contributed by atoms with Crippen LogP contribution in [0.2, 0.25) is 0 Å². The van der Waals surface area contributed by atoms with Crippen molar-refractivity contribution >= 4 is 22.8 Å². The zero-order chi connectivity index (χ0) is 12.8. The molecule has 3 heteroatoms. The first-order valence-corrected chi connectivity index (χ1v) is 6.54. The van der Waals surface area contributed by atoms with Crippen molar-refractivity contribution < 1.29 is 21.5 Å². The number of anilines is 1. The molecule has 0 unspecified atom stereocenters. The molecule has 3 rings (SSSR count). The van der Waals surface area contributed by atoms with E-state index in [0.717, 1.165) is 6.42 Å². The highest BCUT2D eigenvalue weighted by Crippen LogP contribution is 2.34. The standard InChI is InChI=1S/C16H19N2.BrH/c1-4-16(2,3)14-11-18-10-6-8-12-7-5-9-13(17-14)15(12)18;/h5-11,17H,4H2,1-3H3;1H/q+1;/p-1. The van der Waals surface area contributed by atoms with Gasteiger partial charge in [0, 0.05) is 16.9 Å². The maximum Gasteiger partial charge on any atom is 0.241 e. The third-order valence-corrected chi connectivity index (χ3v) is 4.00. The first-order valence-electron chi connectivity index (χ1n) is 6.54. The first-order chi connectivity index (χ1) is 8.62. The highest BCUT2D eigenvalue weighted by Gasteiger charge is 2.28. The van der Waals surface area contributed by atoms with Crippen molar-refractivity contribution in [2.45, 2.75) is 27.2 Å². The van der Waals surface area contributed by atoms with Gasteiger partial charge in [-0.15, -0.1) is 0 Å². The normalized spacial score (nSPS) is 13.5. The Morgan fingerprint density at radius 1 is 1.16 bits per heavy atom. The van der Waals surface area contributed by atoms with E-state index in [0.29, 0.717) is 0 Å². The summed E-state index contributed by atoms with van der Waals surface area (Å²) in [5.74, 6) is 0. The lowest BCUT2D eigenvalue weighted by molar-refractivity contribution is -0.540. The monoisotopic (exact) mass is 318 g/mol. The SMILES string of the molecule is CCC(C)(C)C1=C[n+]2cccc3cccc(c32)N1.[Br-]. The van der Waals surface area contributed by atoms with E-state index in [1.807, 2.05) is 0 Å². The van der Waals surface area contributed by atoms with Crippen LogP contribution in [0.25, 0.3) is 17.1 Å². The van der Waals surface area contributed by atoms with Gasteiger partial charge in [-0.05, 0) is 24.6 Å². The fraction of sp³-hybridized carbons (Fsp3) is 0.312. The molecule has 0 fully saturated rings. The van der Waals surface area contributed by atoms with Crippen LogP contribution in [-0.4, -0.2) is 0 Å². The van der Waals surface area contributed by atoms with Gasteiger partial charge in [-0.3, -0.25) is 0 Å². The van der Waals surface area contributed by atoms with Crippen LogP contribution in [0.5, 0.6) is 0 Å². The van der Waals surface area contributed by atoms with Crippen LogP contribution in [-0.2, 0) is 0 Å². The third kappa shape index (κ3) is 2.27. The number of nitrogens with zero attached hydrogens (tertiary/aromatic N) is 1. The largest absolute Gasteiger partial charge is 1.00 e. The number of benzene rings is 1. The minimum atomic E-state index is 0. The minimum absolute atomic E-state index is 0. The molecule has 2 nitrogen and oxygen atoms in total. The fourth-order valence-electron chi connectivity index (χ4n) is 2.36.